The van der Waals surface area contributed by atoms with Crippen LogP contribution in [0.4, 0.5) is 0 Å². The Morgan fingerprint density at radius 3 is 2.43 bits per heavy atom. The van der Waals surface area contributed by atoms with Gasteiger partial charge in [-0.15, -0.1) is 0 Å². The molecule has 0 aromatic rings. The summed E-state index contributed by atoms with van der Waals surface area (Å²) in [5, 5.41) is 3.39. The van der Waals surface area contributed by atoms with Gasteiger partial charge in [-0.25, -0.2) is 0 Å². The first-order valence-electron chi connectivity index (χ1n) is 9.83. The van der Waals surface area contributed by atoms with E-state index in [4.69, 9.17) is 4.74 Å². The average Bonchev–Trinajstić information content (AvgIpc) is 2.93. The van der Waals surface area contributed by atoms with E-state index in [0.29, 0.717) is 12.1 Å². The van der Waals surface area contributed by atoms with Crippen molar-refractivity contribution >= 4 is 5.91 Å². The molecule has 3 fully saturated rings. The Balaban J connectivity index is 1.56. The molecule has 0 unspecified atom stereocenters. The van der Waals surface area contributed by atoms with E-state index in [0.717, 1.165) is 26.1 Å². The summed E-state index contributed by atoms with van der Waals surface area (Å²) in [6.07, 6.45) is 11.5. The van der Waals surface area contributed by atoms with Crippen LogP contribution in [0.25, 0.3) is 0 Å². The molecule has 1 saturated heterocycles. The van der Waals surface area contributed by atoms with Crippen LogP contribution < -0.4 is 5.32 Å². The van der Waals surface area contributed by atoms with Crippen LogP contribution in [0.1, 0.15) is 71.6 Å². The van der Waals surface area contributed by atoms with Gasteiger partial charge in [0.25, 0.3) is 0 Å². The van der Waals surface area contributed by atoms with Crippen LogP contribution in [0.2, 0.25) is 0 Å². The fourth-order valence-electron chi connectivity index (χ4n) is 5.03. The van der Waals surface area contributed by atoms with Crippen molar-refractivity contribution in [3.05, 3.63) is 0 Å². The zero-order valence-electron chi connectivity index (χ0n) is 15.0. The third-order valence-corrected chi connectivity index (χ3v) is 6.57. The maximum absolute atomic E-state index is 12.8. The third kappa shape index (κ3) is 3.43. The largest absolute Gasteiger partial charge is 0.378 e. The van der Waals surface area contributed by atoms with E-state index in [1.165, 1.54) is 51.4 Å². The molecule has 23 heavy (non-hydrogen) atoms. The third-order valence-electron chi connectivity index (χ3n) is 6.57. The van der Waals surface area contributed by atoms with E-state index in [-0.39, 0.29) is 17.4 Å². The van der Waals surface area contributed by atoms with E-state index in [9.17, 15) is 4.79 Å². The molecule has 1 aliphatic heterocycles. The van der Waals surface area contributed by atoms with Gasteiger partial charge in [0.1, 0.15) is 0 Å². The molecule has 3 atom stereocenters. The zero-order chi connectivity index (χ0) is 16.3. The minimum Gasteiger partial charge on any atom is -0.378 e. The fourth-order valence-corrected chi connectivity index (χ4v) is 5.03. The number of hydrogen-bond donors (Lipinski definition) is 1. The van der Waals surface area contributed by atoms with Gasteiger partial charge >= 0.3 is 0 Å². The SMILES string of the molecule is CCO[C@@H]1C[C@H](NC(=O)[C@@H](C)N2CCCCCC2)C12CCCC2. The number of nitrogens with one attached hydrogen (secondary N) is 1. The fraction of sp³-hybridized carbons (Fsp3) is 0.947. The molecule has 0 aromatic carbocycles. The highest BCUT2D eigenvalue weighted by Gasteiger charge is 2.57. The van der Waals surface area contributed by atoms with Crippen LogP contribution in [-0.2, 0) is 9.53 Å². The first-order chi connectivity index (χ1) is 11.2. The van der Waals surface area contributed by atoms with Crippen molar-refractivity contribution in [2.24, 2.45) is 5.41 Å². The van der Waals surface area contributed by atoms with Gasteiger partial charge in [0.05, 0.1) is 12.1 Å². The Hall–Kier alpha value is -0.610. The lowest BCUT2D eigenvalue weighted by Crippen LogP contribution is -2.65. The summed E-state index contributed by atoms with van der Waals surface area (Å²) >= 11 is 0. The van der Waals surface area contributed by atoms with E-state index < -0.39 is 0 Å². The highest BCUT2D eigenvalue weighted by atomic mass is 16.5. The molecule has 0 radical (unpaired) electrons. The van der Waals surface area contributed by atoms with Crippen LogP contribution in [0.3, 0.4) is 0 Å². The van der Waals surface area contributed by atoms with Gasteiger partial charge in [0.15, 0.2) is 0 Å². The van der Waals surface area contributed by atoms with Crippen molar-refractivity contribution < 1.29 is 9.53 Å². The molecule has 3 aliphatic rings. The first kappa shape index (κ1) is 17.2. The highest BCUT2D eigenvalue weighted by molar-refractivity contribution is 5.81. The van der Waals surface area contributed by atoms with Crippen molar-refractivity contribution in [1.29, 1.82) is 0 Å². The number of amides is 1. The number of carbonyl (C=O) groups excluding carboxylic acids is 1. The maximum atomic E-state index is 12.8. The number of carbonyl (C=O) groups is 1. The molecular formula is C19H34N2O2. The van der Waals surface area contributed by atoms with E-state index in [1.54, 1.807) is 0 Å². The lowest BCUT2D eigenvalue weighted by atomic mass is 9.60. The van der Waals surface area contributed by atoms with E-state index in [1.807, 2.05) is 0 Å². The van der Waals surface area contributed by atoms with Crippen LogP contribution in [0.5, 0.6) is 0 Å². The molecular weight excluding hydrogens is 288 g/mol. The highest BCUT2D eigenvalue weighted by Crippen LogP contribution is 2.54. The Morgan fingerprint density at radius 2 is 1.83 bits per heavy atom. The molecule has 0 aromatic heterocycles. The van der Waals surface area contributed by atoms with Crippen molar-refractivity contribution in [3.8, 4) is 0 Å². The van der Waals surface area contributed by atoms with Gasteiger partial charge < -0.3 is 10.1 Å². The normalized spacial score (nSPS) is 32.3. The minimum absolute atomic E-state index is 0.0118. The molecule has 1 spiro atoms. The second-order valence-electron chi connectivity index (χ2n) is 7.81. The molecule has 1 N–H and O–H groups in total. The summed E-state index contributed by atoms with van der Waals surface area (Å²) in [6, 6.07) is 0.348. The molecule has 2 saturated carbocycles. The molecule has 0 bridgehead atoms. The summed E-state index contributed by atoms with van der Waals surface area (Å²) < 4.78 is 5.96. The minimum atomic E-state index is 0.0118. The molecule has 3 rings (SSSR count). The number of hydrogen-bond acceptors (Lipinski definition) is 3. The van der Waals surface area contributed by atoms with Crippen molar-refractivity contribution in [3.63, 3.8) is 0 Å². The Labute approximate surface area is 141 Å². The molecule has 1 amide bonds. The van der Waals surface area contributed by atoms with Gasteiger partial charge in [0.2, 0.25) is 5.91 Å². The molecule has 4 nitrogen and oxygen atoms in total. The quantitative estimate of drug-likeness (QED) is 0.845. The predicted octanol–water partition coefficient (Wildman–Crippen LogP) is 3.10. The lowest BCUT2D eigenvalue weighted by Gasteiger charge is -2.54. The number of ether oxygens (including phenoxy) is 1. The Morgan fingerprint density at radius 1 is 1.17 bits per heavy atom. The summed E-state index contributed by atoms with van der Waals surface area (Å²) in [5.41, 5.74) is 0.240. The number of nitrogens with zero attached hydrogens (tertiary/aromatic N) is 1. The predicted molar refractivity (Wildman–Crippen MR) is 92.4 cm³/mol. The van der Waals surface area contributed by atoms with Gasteiger partial charge in [-0.2, -0.15) is 0 Å². The standard InChI is InChI=1S/C19H34N2O2/c1-3-23-17-14-16(19(17)10-6-7-11-19)20-18(22)15(2)21-12-8-4-5-9-13-21/h15-17H,3-14H2,1-2H3,(H,20,22)/t15-,16+,17-/m1/s1. The van der Waals surface area contributed by atoms with Crippen LogP contribution >= 0.6 is 0 Å². The molecule has 4 heteroatoms. The summed E-state index contributed by atoms with van der Waals surface area (Å²) in [6.45, 7) is 7.10. The number of rotatable bonds is 5. The van der Waals surface area contributed by atoms with Gasteiger partial charge in [0, 0.05) is 18.1 Å². The summed E-state index contributed by atoms with van der Waals surface area (Å²) in [5.74, 6) is 0.234. The molecule has 132 valence electrons. The molecule has 2 aliphatic carbocycles. The van der Waals surface area contributed by atoms with Crippen LogP contribution in [0.15, 0.2) is 0 Å². The van der Waals surface area contributed by atoms with Gasteiger partial charge in [-0.05, 0) is 59.0 Å². The first-order valence-corrected chi connectivity index (χ1v) is 9.83. The second-order valence-corrected chi connectivity index (χ2v) is 7.81. The topological polar surface area (TPSA) is 41.6 Å². The lowest BCUT2D eigenvalue weighted by molar-refractivity contribution is -0.147. The summed E-state index contributed by atoms with van der Waals surface area (Å²) in [7, 11) is 0. The number of likely N-dealkylation sites (tertiary alicyclic amines) is 1. The van der Waals surface area contributed by atoms with Gasteiger partial charge in [-0.1, -0.05) is 25.7 Å². The van der Waals surface area contributed by atoms with Crippen LogP contribution in [-0.4, -0.2) is 48.7 Å². The second kappa shape index (κ2) is 7.52. The smallest absolute Gasteiger partial charge is 0.237 e. The van der Waals surface area contributed by atoms with Crippen LogP contribution in [0, 0.1) is 5.41 Å². The van der Waals surface area contributed by atoms with Crippen molar-refractivity contribution in [2.45, 2.75) is 89.8 Å². The zero-order valence-corrected chi connectivity index (χ0v) is 15.0. The van der Waals surface area contributed by atoms with Crippen molar-refractivity contribution in [2.75, 3.05) is 19.7 Å². The Kier molecular flexibility index (Phi) is 5.63. The average molecular weight is 322 g/mol. The molecule has 1 heterocycles. The maximum Gasteiger partial charge on any atom is 0.237 e. The van der Waals surface area contributed by atoms with Crippen molar-refractivity contribution in [1.82, 2.24) is 10.2 Å². The van der Waals surface area contributed by atoms with E-state index in [2.05, 4.69) is 24.1 Å². The monoisotopic (exact) mass is 322 g/mol. The summed E-state index contributed by atoms with van der Waals surface area (Å²) in [4.78, 5) is 15.1. The van der Waals surface area contributed by atoms with Gasteiger partial charge in [-0.3, -0.25) is 9.69 Å². The van der Waals surface area contributed by atoms with E-state index >= 15 is 0 Å². The Bertz CT molecular complexity index is 398.